The number of aryl methyl sites for hydroxylation is 4. The fourth-order valence-electron chi connectivity index (χ4n) is 2.78. The van der Waals surface area contributed by atoms with E-state index in [1.165, 1.54) is 18.4 Å². The largest absolute Gasteiger partial charge is 0.465 e. The SMILES string of the molecule is COC(=O)c1sc2ncn3nc(CCn4cc(C)cn4)nc3c2c1C. The van der Waals surface area contributed by atoms with Crippen molar-refractivity contribution in [3.8, 4) is 0 Å². The standard InChI is InChI=1S/C16H16N6O2S/c1-9-6-18-21(7-9)5-4-11-19-14-12-10(2)13(16(23)24-3)25-15(12)17-8-22(14)20-11/h6-8H,4-5H2,1-3H3. The van der Waals surface area contributed by atoms with E-state index in [4.69, 9.17) is 4.74 Å². The molecule has 128 valence electrons. The van der Waals surface area contributed by atoms with Crippen LogP contribution in [-0.2, 0) is 17.7 Å². The summed E-state index contributed by atoms with van der Waals surface area (Å²) in [5.74, 6) is 0.361. The van der Waals surface area contributed by atoms with Gasteiger partial charge >= 0.3 is 5.97 Å². The molecule has 25 heavy (non-hydrogen) atoms. The second-order valence-corrected chi connectivity index (χ2v) is 6.80. The van der Waals surface area contributed by atoms with Crippen molar-refractivity contribution < 1.29 is 9.53 Å². The van der Waals surface area contributed by atoms with Crippen molar-refractivity contribution in [3.05, 3.63) is 40.5 Å². The Kier molecular flexibility index (Phi) is 3.72. The summed E-state index contributed by atoms with van der Waals surface area (Å²) in [5.41, 5.74) is 2.66. The smallest absolute Gasteiger partial charge is 0.348 e. The van der Waals surface area contributed by atoms with Crippen LogP contribution in [-0.4, -0.2) is 42.4 Å². The monoisotopic (exact) mass is 356 g/mol. The molecule has 0 saturated heterocycles. The fourth-order valence-corrected chi connectivity index (χ4v) is 3.84. The lowest BCUT2D eigenvalue weighted by Gasteiger charge is -1.96. The Balaban J connectivity index is 1.73. The average Bonchev–Trinajstić information content (AvgIpc) is 3.29. The molecule has 0 radical (unpaired) electrons. The van der Waals surface area contributed by atoms with Gasteiger partial charge in [-0.3, -0.25) is 4.68 Å². The number of methoxy groups -OCH3 is 1. The number of esters is 1. The van der Waals surface area contributed by atoms with Gasteiger partial charge in [0.25, 0.3) is 0 Å². The minimum absolute atomic E-state index is 0.354. The number of thiophene rings is 1. The lowest BCUT2D eigenvalue weighted by molar-refractivity contribution is 0.0605. The average molecular weight is 356 g/mol. The van der Waals surface area contributed by atoms with Gasteiger partial charge < -0.3 is 4.74 Å². The van der Waals surface area contributed by atoms with Crippen LogP contribution in [0.15, 0.2) is 18.7 Å². The molecule has 4 heterocycles. The molecule has 0 aliphatic heterocycles. The highest BCUT2D eigenvalue weighted by molar-refractivity contribution is 7.20. The van der Waals surface area contributed by atoms with Gasteiger partial charge in [-0.2, -0.15) is 5.10 Å². The second kappa shape index (κ2) is 5.92. The third kappa shape index (κ3) is 2.66. The molecule has 0 aliphatic carbocycles. The Hall–Kier alpha value is -2.81. The van der Waals surface area contributed by atoms with Crippen LogP contribution in [0.2, 0.25) is 0 Å². The van der Waals surface area contributed by atoms with Gasteiger partial charge in [-0.05, 0) is 25.0 Å². The number of ether oxygens (including phenoxy) is 1. The van der Waals surface area contributed by atoms with Crippen LogP contribution < -0.4 is 0 Å². The predicted molar refractivity (Wildman–Crippen MR) is 92.9 cm³/mol. The molecule has 4 rings (SSSR count). The van der Waals surface area contributed by atoms with Gasteiger partial charge in [-0.15, -0.1) is 16.4 Å². The quantitative estimate of drug-likeness (QED) is 0.521. The minimum atomic E-state index is -0.354. The highest BCUT2D eigenvalue weighted by atomic mass is 32.1. The minimum Gasteiger partial charge on any atom is -0.465 e. The van der Waals surface area contributed by atoms with Gasteiger partial charge in [0.15, 0.2) is 11.5 Å². The van der Waals surface area contributed by atoms with Crippen LogP contribution in [0.4, 0.5) is 0 Å². The number of nitrogens with zero attached hydrogens (tertiary/aromatic N) is 6. The van der Waals surface area contributed by atoms with Gasteiger partial charge in [0.05, 0.1) is 18.7 Å². The van der Waals surface area contributed by atoms with Crippen molar-refractivity contribution in [2.75, 3.05) is 7.11 Å². The number of hydrogen-bond donors (Lipinski definition) is 0. The van der Waals surface area contributed by atoms with E-state index in [1.807, 2.05) is 30.9 Å². The molecule has 0 bridgehead atoms. The molecule has 9 heteroatoms. The molecule has 0 spiro atoms. The van der Waals surface area contributed by atoms with Crippen LogP contribution >= 0.6 is 11.3 Å². The number of carbonyl (C=O) groups excluding carboxylic acids is 1. The van der Waals surface area contributed by atoms with Crippen LogP contribution in [0.1, 0.15) is 26.6 Å². The van der Waals surface area contributed by atoms with Crippen LogP contribution in [0.5, 0.6) is 0 Å². The van der Waals surface area contributed by atoms with E-state index in [0.717, 1.165) is 21.3 Å². The summed E-state index contributed by atoms with van der Waals surface area (Å²) >= 11 is 1.31. The third-order valence-electron chi connectivity index (χ3n) is 4.01. The fraction of sp³-hybridized carbons (Fsp3) is 0.312. The van der Waals surface area contributed by atoms with E-state index < -0.39 is 0 Å². The zero-order valence-electron chi connectivity index (χ0n) is 14.1. The number of fused-ring (bicyclic) bond motifs is 3. The van der Waals surface area contributed by atoms with Crippen molar-refractivity contribution in [2.24, 2.45) is 0 Å². The van der Waals surface area contributed by atoms with E-state index in [0.29, 0.717) is 29.3 Å². The number of hydrogen-bond acceptors (Lipinski definition) is 7. The third-order valence-corrected chi connectivity index (χ3v) is 5.19. The summed E-state index contributed by atoms with van der Waals surface area (Å²) in [6.07, 6.45) is 6.11. The van der Waals surface area contributed by atoms with Gasteiger partial charge in [-0.1, -0.05) is 0 Å². The van der Waals surface area contributed by atoms with Crippen LogP contribution in [0, 0.1) is 13.8 Å². The zero-order valence-corrected chi connectivity index (χ0v) is 14.9. The van der Waals surface area contributed by atoms with Gasteiger partial charge in [0.2, 0.25) is 0 Å². The predicted octanol–water partition coefficient (Wildman–Crippen LogP) is 2.18. The molecule has 0 atom stereocenters. The molecule has 4 aromatic heterocycles. The Morgan fingerprint density at radius 2 is 2.20 bits per heavy atom. The van der Waals surface area contributed by atoms with Crippen molar-refractivity contribution in [2.45, 2.75) is 26.8 Å². The molecule has 8 nitrogen and oxygen atoms in total. The second-order valence-electron chi connectivity index (χ2n) is 5.80. The highest BCUT2D eigenvalue weighted by Crippen LogP contribution is 2.32. The lowest BCUT2D eigenvalue weighted by atomic mass is 10.2. The summed E-state index contributed by atoms with van der Waals surface area (Å²) in [6, 6.07) is 0. The van der Waals surface area contributed by atoms with E-state index >= 15 is 0 Å². The van der Waals surface area contributed by atoms with E-state index in [2.05, 4.69) is 20.2 Å². The molecule has 0 amide bonds. The Bertz CT molecular complexity index is 1090. The molecule has 0 aliphatic rings. The van der Waals surface area contributed by atoms with Gasteiger partial charge in [0.1, 0.15) is 16.0 Å². The normalized spacial score (nSPS) is 11.5. The zero-order chi connectivity index (χ0) is 17.6. The van der Waals surface area contributed by atoms with Gasteiger partial charge in [-0.25, -0.2) is 19.3 Å². The highest BCUT2D eigenvalue weighted by Gasteiger charge is 2.20. The summed E-state index contributed by atoms with van der Waals surface area (Å²) in [6.45, 7) is 4.60. The van der Waals surface area contributed by atoms with Crippen molar-refractivity contribution in [1.82, 2.24) is 29.4 Å². The molecule has 0 saturated carbocycles. The number of carbonyl (C=O) groups is 1. The number of aromatic nitrogens is 6. The maximum absolute atomic E-state index is 11.9. The first-order valence-electron chi connectivity index (χ1n) is 7.77. The molecule has 0 fully saturated rings. The Labute approximate surface area is 147 Å². The van der Waals surface area contributed by atoms with E-state index in [9.17, 15) is 4.79 Å². The topological polar surface area (TPSA) is 87.2 Å². The maximum Gasteiger partial charge on any atom is 0.348 e. The Morgan fingerprint density at radius 3 is 2.92 bits per heavy atom. The van der Waals surface area contributed by atoms with E-state index in [1.54, 1.807) is 10.8 Å². The van der Waals surface area contributed by atoms with Crippen LogP contribution in [0.3, 0.4) is 0 Å². The first-order chi connectivity index (χ1) is 12.1. The van der Waals surface area contributed by atoms with E-state index in [-0.39, 0.29) is 5.97 Å². The van der Waals surface area contributed by atoms with Crippen molar-refractivity contribution in [1.29, 1.82) is 0 Å². The molecule has 0 unspecified atom stereocenters. The molecular weight excluding hydrogens is 340 g/mol. The Morgan fingerprint density at radius 1 is 1.36 bits per heavy atom. The maximum atomic E-state index is 11.9. The van der Waals surface area contributed by atoms with Crippen molar-refractivity contribution >= 4 is 33.2 Å². The van der Waals surface area contributed by atoms with Gasteiger partial charge in [0, 0.05) is 19.2 Å². The summed E-state index contributed by atoms with van der Waals surface area (Å²) in [4.78, 5) is 22.3. The summed E-state index contributed by atoms with van der Waals surface area (Å²) in [7, 11) is 1.38. The lowest BCUT2D eigenvalue weighted by Crippen LogP contribution is -2.03. The number of rotatable bonds is 4. The molecule has 0 aromatic carbocycles. The molecular formula is C16H16N6O2S. The summed E-state index contributed by atoms with van der Waals surface area (Å²) < 4.78 is 8.38. The molecule has 0 N–H and O–H groups in total. The van der Waals surface area contributed by atoms with Crippen LogP contribution in [0.25, 0.3) is 15.9 Å². The first kappa shape index (κ1) is 15.7. The van der Waals surface area contributed by atoms with Crippen molar-refractivity contribution in [3.63, 3.8) is 0 Å². The first-order valence-corrected chi connectivity index (χ1v) is 8.59. The molecule has 4 aromatic rings. The summed E-state index contributed by atoms with van der Waals surface area (Å²) in [5, 5.41) is 9.61.